The Balaban J connectivity index is 2.04. The summed E-state index contributed by atoms with van der Waals surface area (Å²) in [6.07, 6.45) is 6.47. The molecular weight excluding hydrogens is 304 g/mol. The molecule has 3 nitrogen and oxygen atoms in total. The number of hydrogen-bond acceptors (Lipinski definition) is 2. The highest BCUT2D eigenvalue weighted by Crippen LogP contribution is 2.27. The number of amides is 1. The molecule has 0 aromatic heterocycles. The first-order chi connectivity index (χ1) is 10.0. The molecule has 2 rings (SSSR count). The predicted molar refractivity (Wildman–Crippen MR) is 90.5 cm³/mol. The normalized spacial score (nSPS) is 17.8. The Morgan fingerprint density at radius 3 is 2.29 bits per heavy atom. The Kier molecular flexibility index (Phi) is 5.59. The number of carbonyl (C=O) groups is 1. The van der Waals surface area contributed by atoms with Gasteiger partial charge in [-0.15, -0.1) is 0 Å². The quantitative estimate of drug-likeness (QED) is 0.659. The maximum absolute atomic E-state index is 12.3. The zero-order valence-electron chi connectivity index (χ0n) is 12.0. The van der Waals surface area contributed by atoms with Gasteiger partial charge in [0.25, 0.3) is 0 Å². The lowest BCUT2D eigenvalue weighted by Crippen LogP contribution is -2.56. The molecule has 1 aliphatic rings. The molecule has 1 fully saturated rings. The summed E-state index contributed by atoms with van der Waals surface area (Å²) in [5, 5.41) is 3.77. The van der Waals surface area contributed by atoms with E-state index in [1.807, 2.05) is 12.1 Å². The monoisotopic (exact) mass is 324 g/mol. The van der Waals surface area contributed by atoms with Gasteiger partial charge in [-0.25, -0.2) is 0 Å². The molecule has 3 N–H and O–H groups in total. The van der Waals surface area contributed by atoms with Gasteiger partial charge < -0.3 is 11.1 Å². The zero-order chi connectivity index (χ0) is 15.3. The van der Waals surface area contributed by atoms with Crippen molar-refractivity contribution >= 4 is 34.7 Å². The molecule has 21 heavy (non-hydrogen) atoms. The third kappa shape index (κ3) is 4.42. The minimum atomic E-state index is -0.505. The van der Waals surface area contributed by atoms with Gasteiger partial charge in [0, 0.05) is 5.02 Å². The van der Waals surface area contributed by atoms with Crippen LogP contribution in [0.25, 0.3) is 0 Å². The van der Waals surface area contributed by atoms with Gasteiger partial charge in [-0.1, -0.05) is 61.6 Å². The summed E-state index contributed by atoms with van der Waals surface area (Å²) >= 11 is 11.1. The first-order valence-electron chi connectivity index (χ1n) is 7.37. The van der Waals surface area contributed by atoms with Crippen LogP contribution in [0.1, 0.15) is 44.1 Å². The average molecular weight is 325 g/mol. The van der Waals surface area contributed by atoms with E-state index >= 15 is 0 Å². The van der Waals surface area contributed by atoms with E-state index in [0.717, 1.165) is 31.2 Å². The number of thiocarbonyl (C=S) groups is 1. The molecule has 1 aliphatic carbocycles. The Morgan fingerprint density at radius 2 is 1.76 bits per heavy atom. The molecule has 1 aromatic carbocycles. The molecule has 1 aromatic rings. The molecule has 0 unspecified atom stereocenters. The van der Waals surface area contributed by atoms with Crippen LogP contribution in [0.4, 0.5) is 0 Å². The lowest BCUT2D eigenvalue weighted by atomic mass is 9.89. The largest absolute Gasteiger partial charge is 0.391 e. The van der Waals surface area contributed by atoms with Gasteiger partial charge in [-0.2, -0.15) is 0 Å². The predicted octanol–water partition coefficient (Wildman–Crippen LogP) is 3.38. The summed E-state index contributed by atoms with van der Waals surface area (Å²) < 4.78 is 0. The van der Waals surface area contributed by atoms with Gasteiger partial charge in [0.2, 0.25) is 5.91 Å². The van der Waals surface area contributed by atoms with Gasteiger partial charge in [0.15, 0.2) is 0 Å². The van der Waals surface area contributed by atoms with Crippen molar-refractivity contribution in [2.24, 2.45) is 5.73 Å². The van der Waals surface area contributed by atoms with Gasteiger partial charge in [-0.3, -0.25) is 4.79 Å². The molecule has 1 amide bonds. The van der Waals surface area contributed by atoms with E-state index in [-0.39, 0.29) is 5.91 Å². The van der Waals surface area contributed by atoms with Crippen molar-refractivity contribution in [1.82, 2.24) is 5.32 Å². The topological polar surface area (TPSA) is 55.1 Å². The summed E-state index contributed by atoms with van der Waals surface area (Å²) in [6, 6.07) is 7.31. The fourth-order valence-electron chi connectivity index (χ4n) is 2.86. The first-order valence-corrected chi connectivity index (χ1v) is 8.16. The molecule has 114 valence electrons. The minimum absolute atomic E-state index is 0.0352. The van der Waals surface area contributed by atoms with Crippen LogP contribution in [0.3, 0.4) is 0 Å². The summed E-state index contributed by atoms with van der Waals surface area (Å²) in [6.45, 7) is 0. The molecule has 0 radical (unpaired) electrons. The molecule has 5 heteroatoms. The summed E-state index contributed by atoms with van der Waals surface area (Å²) in [5.41, 5.74) is 6.36. The SMILES string of the molecule is NC(=S)C1(NC(=O)Cc2ccc(Cl)cc2)CCCCCC1. The smallest absolute Gasteiger partial charge is 0.225 e. The molecule has 0 aliphatic heterocycles. The molecule has 0 saturated heterocycles. The van der Waals surface area contributed by atoms with Crippen LogP contribution in [-0.4, -0.2) is 16.4 Å². The maximum atomic E-state index is 12.3. The van der Waals surface area contributed by atoms with Gasteiger partial charge in [-0.05, 0) is 30.5 Å². The first kappa shape index (κ1) is 16.2. The molecule has 0 bridgehead atoms. The van der Waals surface area contributed by atoms with Crippen LogP contribution < -0.4 is 11.1 Å². The average Bonchev–Trinajstić information content (AvgIpc) is 2.68. The van der Waals surface area contributed by atoms with E-state index in [9.17, 15) is 4.79 Å². The second-order valence-corrected chi connectivity index (χ2v) is 6.59. The second kappa shape index (κ2) is 7.23. The Bertz CT molecular complexity index is 508. The van der Waals surface area contributed by atoms with Crippen LogP contribution in [-0.2, 0) is 11.2 Å². The Labute approximate surface area is 136 Å². The molecule has 0 heterocycles. The van der Waals surface area contributed by atoms with E-state index in [1.54, 1.807) is 12.1 Å². The van der Waals surface area contributed by atoms with Crippen molar-refractivity contribution in [3.8, 4) is 0 Å². The van der Waals surface area contributed by atoms with E-state index in [2.05, 4.69) is 5.32 Å². The second-order valence-electron chi connectivity index (χ2n) is 5.71. The van der Waals surface area contributed by atoms with Crippen LogP contribution >= 0.6 is 23.8 Å². The van der Waals surface area contributed by atoms with Crippen molar-refractivity contribution in [3.63, 3.8) is 0 Å². The number of halogens is 1. The van der Waals surface area contributed by atoms with Gasteiger partial charge in [0.1, 0.15) is 0 Å². The van der Waals surface area contributed by atoms with E-state index in [0.29, 0.717) is 16.4 Å². The number of nitrogens with one attached hydrogen (secondary N) is 1. The maximum Gasteiger partial charge on any atom is 0.225 e. The van der Waals surface area contributed by atoms with Crippen molar-refractivity contribution in [3.05, 3.63) is 34.9 Å². The number of nitrogens with two attached hydrogens (primary N) is 1. The third-order valence-corrected chi connectivity index (χ3v) is 4.73. The highest BCUT2D eigenvalue weighted by atomic mass is 35.5. The lowest BCUT2D eigenvalue weighted by molar-refractivity contribution is -0.121. The highest BCUT2D eigenvalue weighted by Gasteiger charge is 2.35. The minimum Gasteiger partial charge on any atom is -0.391 e. The zero-order valence-corrected chi connectivity index (χ0v) is 13.6. The fourth-order valence-corrected chi connectivity index (χ4v) is 3.24. The van der Waals surface area contributed by atoms with Gasteiger partial charge >= 0.3 is 0 Å². The van der Waals surface area contributed by atoms with Crippen molar-refractivity contribution in [2.75, 3.05) is 0 Å². The van der Waals surface area contributed by atoms with E-state index in [1.165, 1.54) is 12.8 Å². The lowest BCUT2D eigenvalue weighted by Gasteiger charge is -2.33. The standard InChI is InChI=1S/C16H21ClN2OS/c17-13-7-5-12(6-8-13)11-14(20)19-16(15(18)21)9-3-1-2-4-10-16/h5-8H,1-4,9-11H2,(H2,18,21)(H,19,20). The molecule has 1 saturated carbocycles. The van der Waals surface area contributed by atoms with Crippen LogP contribution in [0.15, 0.2) is 24.3 Å². The van der Waals surface area contributed by atoms with Gasteiger partial charge in [0.05, 0.1) is 16.9 Å². The number of rotatable bonds is 4. The highest BCUT2D eigenvalue weighted by molar-refractivity contribution is 7.80. The van der Waals surface area contributed by atoms with Crippen molar-refractivity contribution < 1.29 is 4.79 Å². The van der Waals surface area contributed by atoms with Crippen molar-refractivity contribution in [1.29, 1.82) is 0 Å². The number of benzene rings is 1. The van der Waals surface area contributed by atoms with E-state index < -0.39 is 5.54 Å². The third-order valence-electron chi connectivity index (χ3n) is 4.09. The Morgan fingerprint density at radius 1 is 1.19 bits per heavy atom. The van der Waals surface area contributed by atoms with Crippen LogP contribution in [0, 0.1) is 0 Å². The van der Waals surface area contributed by atoms with E-state index in [4.69, 9.17) is 29.6 Å². The summed E-state index contributed by atoms with van der Waals surface area (Å²) in [7, 11) is 0. The molecule has 0 atom stereocenters. The fraction of sp³-hybridized carbons (Fsp3) is 0.500. The number of hydrogen-bond donors (Lipinski definition) is 2. The van der Waals surface area contributed by atoms with Crippen LogP contribution in [0.2, 0.25) is 5.02 Å². The Hall–Kier alpha value is -1.13. The summed E-state index contributed by atoms with van der Waals surface area (Å²) in [4.78, 5) is 12.7. The molecular formula is C16H21ClN2OS. The van der Waals surface area contributed by atoms with Crippen LogP contribution in [0.5, 0.6) is 0 Å². The molecule has 0 spiro atoms. The van der Waals surface area contributed by atoms with Crippen molar-refractivity contribution in [2.45, 2.75) is 50.5 Å². The summed E-state index contributed by atoms with van der Waals surface area (Å²) in [5.74, 6) is -0.0352. The number of carbonyl (C=O) groups excluding carboxylic acids is 1.